The van der Waals surface area contributed by atoms with Crippen molar-refractivity contribution in [2.75, 3.05) is 19.6 Å². The van der Waals surface area contributed by atoms with Gasteiger partial charge in [0.05, 0.1) is 0 Å². The molecular weight excluding hydrogens is 316 g/mol. The van der Waals surface area contributed by atoms with Gasteiger partial charge in [-0.2, -0.15) is 0 Å². The summed E-state index contributed by atoms with van der Waals surface area (Å²) in [5, 5.41) is 3.35. The average molecular weight is 339 g/mol. The minimum absolute atomic E-state index is 0.0626. The molecule has 1 N–H and O–H groups in total. The Morgan fingerprint density at radius 1 is 1.35 bits per heavy atom. The molecule has 3 nitrogen and oxygen atoms in total. The van der Waals surface area contributed by atoms with E-state index >= 15 is 0 Å². The number of nitrogens with zero attached hydrogens (tertiary/aromatic N) is 1. The highest BCUT2D eigenvalue weighted by molar-refractivity contribution is 9.10. The van der Waals surface area contributed by atoms with Crippen LogP contribution in [0.3, 0.4) is 0 Å². The Hall–Kier alpha value is -0.870. The molecule has 110 valence electrons. The minimum atomic E-state index is -0.0626. The summed E-state index contributed by atoms with van der Waals surface area (Å²) in [6, 6.07) is 8.33. The van der Waals surface area contributed by atoms with Crippen molar-refractivity contribution in [1.82, 2.24) is 10.2 Å². The van der Waals surface area contributed by atoms with E-state index in [1.165, 1.54) is 5.56 Å². The van der Waals surface area contributed by atoms with Crippen LogP contribution in [-0.4, -0.2) is 36.0 Å². The Labute approximate surface area is 129 Å². The van der Waals surface area contributed by atoms with Gasteiger partial charge in [-0.25, -0.2) is 0 Å². The largest absolute Gasteiger partial charge is 0.335 e. The molecule has 20 heavy (non-hydrogen) atoms. The third-order valence-electron chi connectivity index (χ3n) is 3.87. The number of nitrogens with one attached hydrogen (secondary N) is 1. The number of carbonyl (C=O) groups excluding carboxylic acids is 1. The van der Waals surface area contributed by atoms with Gasteiger partial charge in [0, 0.05) is 36.1 Å². The maximum atomic E-state index is 12.3. The van der Waals surface area contributed by atoms with Crippen molar-refractivity contribution < 1.29 is 4.79 Å². The minimum Gasteiger partial charge on any atom is -0.335 e. The number of carbonyl (C=O) groups is 1. The van der Waals surface area contributed by atoms with Gasteiger partial charge in [0.15, 0.2) is 0 Å². The molecule has 0 aromatic heterocycles. The predicted molar refractivity (Wildman–Crippen MR) is 85.7 cm³/mol. The van der Waals surface area contributed by atoms with Gasteiger partial charge < -0.3 is 10.2 Å². The lowest BCUT2D eigenvalue weighted by molar-refractivity contribution is -0.137. The van der Waals surface area contributed by atoms with Crippen LogP contribution in [0.15, 0.2) is 28.7 Å². The van der Waals surface area contributed by atoms with Crippen LogP contribution in [0.2, 0.25) is 0 Å². The summed E-state index contributed by atoms with van der Waals surface area (Å²) in [4.78, 5) is 14.4. The lowest BCUT2D eigenvalue weighted by Crippen LogP contribution is -2.59. The maximum Gasteiger partial charge on any atom is 0.223 e. The monoisotopic (exact) mass is 338 g/mol. The molecule has 2 rings (SSSR count). The molecule has 0 unspecified atom stereocenters. The van der Waals surface area contributed by atoms with Gasteiger partial charge in [-0.1, -0.05) is 28.1 Å². The number of hydrogen-bond donors (Lipinski definition) is 1. The molecular formula is C16H23BrN2O. The highest BCUT2D eigenvalue weighted by Crippen LogP contribution is 2.19. The first-order valence-electron chi connectivity index (χ1n) is 7.25. The normalized spacial score (nSPS) is 18.1. The second-order valence-corrected chi connectivity index (χ2v) is 6.93. The standard InChI is InChI=1S/C16H23BrN2O/c1-16(2)12-18-10-11-19(16)15(20)5-3-4-13-6-8-14(17)9-7-13/h6-9,18H,3-5,10-12H2,1-2H3. The molecule has 4 heteroatoms. The van der Waals surface area contributed by atoms with E-state index in [9.17, 15) is 4.79 Å². The highest BCUT2D eigenvalue weighted by Gasteiger charge is 2.32. The molecule has 1 aromatic rings. The van der Waals surface area contributed by atoms with Gasteiger partial charge in [0.25, 0.3) is 0 Å². The fraction of sp³-hybridized carbons (Fsp3) is 0.562. The molecule has 0 saturated carbocycles. The van der Waals surface area contributed by atoms with Crippen molar-refractivity contribution >= 4 is 21.8 Å². The van der Waals surface area contributed by atoms with E-state index < -0.39 is 0 Å². The smallest absolute Gasteiger partial charge is 0.223 e. The SMILES string of the molecule is CC1(C)CNCCN1C(=O)CCCc1ccc(Br)cc1. The van der Waals surface area contributed by atoms with Crippen LogP contribution in [0.25, 0.3) is 0 Å². The van der Waals surface area contributed by atoms with Crippen LogP contribution < -0.4 is 5.32 Å². The number of benzene rings is 1. The van der Waals surface area contributed by atoms with Crippen molar-refractivity contribution in [1.29, 1.82) is 0 Å². The molecule has 1 saturated heterocycles. The van der Waals surface area contributed by atoms with Crippen LogP contribution in [0.4, 0.5) is 0 Å². The van der Waals surface area contributed by atoms with E-state index in [0.29, 0.717) is 6.42 Å². The Morgan fingerprint density at radius 3 is 2.70 bits per heavy atom. The second-order valence-electron chi connectivity index (χ2n) is 6.01. The molecule has 0 atom stereocenters. The third kappa shape index (κ3) is 4.06. The number of amides is 1. The maximum absolute atomic E-state index is 12.3. The van der Waals surface area contributed by atoms with E-state index in [-0.39, 0.29) is 11.4 Å². The van der Waals surface area contributed by atoms with E-state index in [1.807, 2.05) is 4.90 Å². The van der Waals surface area contributed by atoms with Gasteiger partial charge in [0.1, 0.15) is 0 Å². The van der Waals surface area contributed by atoms with Crippen LogP contribution in [-0.2, 0) is 11.2 Å². The first-order valence-corrected chi connectivity index (χ1v) is 8.04. The molecule has 1 aliphatic heterocycles. The fourth-order valence-electron chi connectivity index (χ4n) is 2.68. The zero-order valence-electron chi connectivity index (χ0n) is 12.3. The van der Waals surface area contributed by atoms with Gasteiger partial charge in [-0.15, -0.1) is 0 Å². The number of aryl methyl sites for hydroxylation is 1. The first-order chi connectivity index (χ1) is 9.49. The van der Waals surface area contributed by atoms with Crippen molar-refractivity contribution in [3.05, 3.63) is 34.3 Å². The van der Waals surface area contributed by atoms with E-state index in [2.05, 4.69) is 59.4 Å². The fourth-order valence-corrected chi connectivity index (χ4v) is 2.94. The summed E-state index contributed by atoms with van der Waals surface area (Å²) in [6.45, 7) is 6.87. The summed E-state index contributed by atoms with van der Waals surface area (Å²) < 4.78 is 1.10. The topological polar surface area (TPSA) is 32.3 Å². The molecule has 0 spiro atoms. The molecule has 0 radical (unpaired) electrons. The van der Waals surface area contributed by atoms with Crippen LogP contribution in [0.5, 0.6) is 0 Å². The zero-order valence-corrected chi connectivity index (χ0v) is 13.9. The number of halogens is 1. The third-order valence-corrected chi connectivity index (χ3v) is 4.40. The molecule has 1 fully saturated rings. The highest BCUT2D eigenvalue weighted by atomic mass is 79.9. The summed E-state index contributed by atoms with van der Waals surface area (Å²) in [5.74, 6) is 0.286. The van der Waals surface area contributed by atoms with Crippen molar-refractivity contribution in [3.8, 4) is 0 Å². The van der Waals surface area contributed by atoms with Crippen molar-refractivity contribution in [2.24, 2.45) is 0 Å². The van der Waals surface area contributed by atoms with Crippen molar-refractivity contribution in [2.45, 2.75) is 38.6 Å². The number of piperazine rings is 1. The summed E-state index contributed by atoms with van der Waals surface area (Å²) in [5.41, 5.74) is 1.23. The van der Waals surface area contributed by atoms with Crippen molar-refractivity contribution in [3.63, 3.8) is 0 Å². The molecule has 0 aliphatic carbocycles. The quantitative estimate of drug-likeness (QED) is 0.915. The zero-order chi connectivity index (χ0) is 14.6. The van der Waals surface area contributed by atoms with E-state index in [0.717, 1.165) is 36.9 Å². The Morgan fingerprint density at radius 2 is 2.05 bits per heavy atom. The molecule has 1 aromatic carbocycles. The van der Waals surface area contributed by atoms with Crippen LogP contribution in [0, 0.1) is 0 Å². The first kappa shape index (κ1) is 15.5. The Kier molecular flexibility index (Phi) is 5.22. The summed E-state index contributed by atoms with van der Waals surface area (Å²) in [7, 11) is 0. The summed E-state index contributed by atoms with van der Waals surface area (Å²) >= 11 is 3.43. The Bertz CT molecular complexity index is 456. The molecule has 1 aliphatic rings. The Balaban J connectivity index is 1.81. The van der Waals surface area contributed by atoms with Gasteiger partial charge in [0.2, 0.25) is 5.91 Å². The average Bonchev–Trinajstić information content (AvgIpc) is 2.40. The van der Waals surface area contributed by atoms with Crippen LogP contribution in [0.1, 0.15) is 32.3 Å². The second kappa shape index (κ2) is 6.72. The van der Waals surface area contributed by atoms with Gasteiger partial charge in [-0.05, 0) is 44.4 Å². The lowest BCUT2D eigenvalue weighted by atomic mass is 9.99. The van der Waals surface area contributed by atoms with Gasteiger partial charge in [-0.3, -0.25) is 4.79 Å². The molecule has 1 heterocycles. The van der Waals surface area contributed by atoms with Crippen LogP contribution >= 0.6 is 15.9 Å². The summed E-state index contributed by atoms with van der Waals surface area (Å²) in [6.07, 6.45) is 2.52. The lowest BCUT2D eigenvalue weighted by Gasteiger charge is -2.43. The molecule has 1 amide bonds. The van der Waals surface area contributed by atoms with Gasteiger partial charge >= 0.3 is 0 Å². The molecule has 0 bridgehead atoms. The number of rotatable bonds is 4. The van der Waals surface area contributed by atoms with E-state index in [1.54, 1.807) is 0 Å². The van der Waals surface area contributed by atoms with E-state index in [4.69, 9.17) is 0 Å². The number of hydrogen-bond acceptors (Lipinski definition) is 2. The predicted octanol–water partition coefficient (Wildman–Crippen LogP) is 2.98.